The number of hydrogen-bond acceptors (Lipinski definition) is 7. The second-order valence-corrected chi connectivity index (χ2v) is 8.30. The molecular formula is C25H29NO7. The molecule has 0 radical (unpaired) electrons. The summed E-state index contributed by atoms with van der Waals surface area (Å²) >= 11 is 0. The smallest absolute Gasteiger partial charge is 0.347 e. The van der Waals surface area contributed by atoms with Gasteiger partial charge in [-0.2, -0.15) is 0 Å². The maximum absolute atomic E-state index is 12.6. The van der Waals surface area contributed by atoms with Crippen molar-refractivity contribution in [2.45, 2.75) is 46.1 Å². The van der Waals surface area contributed by atoms with E-state index in [1.54, 1.807) is 45.0 Å². The first-order valence-electron chi connectivity index (χ1n) is 10.7. The topological polar surface area (TPSA) is 144 Å². The van der Waals surface area contributed by atoms with Crippen LogP contribution in [0.2, 0.25) is 0 Å². The number of benzene rings is 2. The molecule has 0 aliphatic heterocycles. The number of para-hydroxylation sites is 1. The molecule has 33 heavy (non-hydrogen) atoms. The lowest BCUT2D eigenvalue weighted by atomic mass is 9.90. The molecule has 176 valence electrons. The Kier molecular flexibility index (Phi) is 8.87. The number of Topliss-reactive ketones (excluding diaryl/α,β-unsaturated/α-hetero) is 2. The zero-order valence-electron chi connectivity index (χ0n) is 18.9. The number of aliphatic carboxylic acids is 1. The fourth-order valence-electron chi connectivity index (χ4n) is 3.33. The van der Waals surface area contributed by atoms with E-state index in [1.807, 2.05) is 0 Å². The van der Waals surface area contributed by atoms with E-state index in [2.05, 4.69) is 0 Å². The van der Waals surface area contributed by atoms with Crippen molar-refractivity contribution >= 4 is 23.5 Å². The van der Waals surface area contributed by atoms with Gasteiger partial charge in [-0.1, -0.05) is 39.0 Å². The standard InChI is InChI=1S/C25H29NO7/c1-14(2)23(30)18-9-8-16(12-15(3)24(31)19(26)10-11-22(28)29)13-21(18)33-25(32)17-6-4-5-7-20(17)27/h4-9,13-15,19,27H,10-12,26H2,1-3H3,(H,28,29). The molecule has 2 atom stereocenters. The maximum Gasteiger partial charge on any atom is 0.347 e. The monoisotopic (exact) mass is 455 g/mol. The van der Waals surface area contributed by atoms with Crippen molar-refractivity contribution in [2.75, 3.05) is 0 Å². The minimum atomic E-state index is -1.02. The van der Waals surface area contributed by atoms with Crippen molar-refractivity contribution in [2.24, 2.45) is 17.6 Å². The van der Waals surface area contributed by atoms with Gasteiger partial charge in [0.25, 0.3) is 0 Å². The van der Waals surface area contributed by atoms with Crippen LogP contribution < -0.4 is 10.5 Å². The number of aromatic hydroxyl groups is 1. The molecule has 2 unspecified atom stereocenters. The minimum Gasteiger partial charge on any atom is -0.507 e. The molecule has 0 spiro atoms. The zero-order chi connectivity index (χ0) is 24.7. The first kappa shape index (κ1) is 25.7. The van der Waals surface area contributed by atoms with E-state index in [9.17, 15) is 24.3 Å². The summed E-state index contributed by atoms with van der Waals surface area (Å²) in [7, 11) is 0. The molecule has 0 heterocycles. The SMILES string of the molecule is CC(C)C(=O)c1ccc(CC(C)C(=O)C(N)CCC(=O)O)cc1OC(=O)c1ccccc1O. The largest absolute Gasteiger partial charge is 0.507 e. The van der Waals surface area contributed by atoms with Gasteiger partial charge in [-0.05, 0) is 42.7 Å². The molecule has 0 fully saturated rings. The summed E-state index contributed by atoms with van der Waals surface area (Å²) in [4.78, 5) is 48.5. The van der Waals surface area contributed by atoms with Gasteiger partial charge in [0.15, 0.2) is 11.6 Å². The average Bonchev–Trinajstić information content (AvgIpc) is 2.76. The number of phenols is 1. The van der Waals surface area contributed by atoms with Gasteiger partial charge in [0.05, 0.1) is 11.6 Å². The van der Waals surface area contributed by atoms with Gasteiger partial charge in [-0.15, -0.1) is 0 Å². The van der Waals surface area contributed by atoms with Crippen molar-refractivity contribution in [3.63, 3.8) is 0 Å². The summed E-state index contributed by atoms with van der Waals surface area (Å²) < 4.78 is 5.48. The third-order valence-corrected chi connectivity index (χ3v) is 5.22. The molecule has 0 aromatic heterocycles. The predicted molar refractivity (Wildman–Crippen MR) is 121 cm³/mol. The number of ketones is 2. The van der Waals surface area contributed by atoms with Gasteiger partial charge in [-0.3, -0.25) is 14.4 Å². The van der Waals surface area contributed by atoms with Crippen LogP contribution in [-0.4, -0.2) is 39.8 Å². The van der Waals surface area contributed by atoms with E-state index >= 15 is 0 Å². The van der Waals surface area contributed by atoms with Gasteiger partial charge in [-0.25, -0.2) is 4.79 Å². The van der Waals surface area contributed by atoms with Crippen molar-refractivity contribution < 1.29 is 34.1 Å². The number of carboxylic acids is 1. The van der Waals surface area contributed by atoms with Crippen LogP contribution in [0.15, 0.2) is 42.5 Å². The summed E-state index contributed by atoms with van der Waals surface area (Å²) in [5.74, 6) is -3.39. The molecule has 2 aromatic carbocycles. The zero-order valence-corrected chi connectivity index (χ0v) is 18.9. The fraction of sp³-hybridized carbons (Fsp3) is 0.360. The summed E-state index contributed by atoms with van der Waals surface area (Å²) in [5, 5.41) is 18.7. The number of carboxylic acid groups (broad SMARTS) is 1. The Morgan fingerprint density at radius 2 is 1.67 bits per heavy atom. The van der Waals surface area contributed by atoms with E-state index in [0.29, 0.717) is 5.56 Å². The van der Waals surface area contributed by atoms with Crippen LogP contribution in [0.25, 0.3) is 0 Å². The van der Waals surface area contributed by atoms with E-state index in [1.165, 1.54) is 18.2 Å². The molecule has 0 saturated heterocycles. The summed E-state index contributed by atoms with van der Waals surface area (Å²) in [6, 6.07) is 9.77. The summed E-state index contributed by atoms with van der Waals surface area (Å²) in [5.41, 5.74) is 6.66. The first-order valence-corrected chi connectivity index (χ1v) is 10.7. The quantitative estimate of drug-likeness (QED) is 0.266. The molecule has 4 N–H and O–H groups in total. The van der Waals surface area contributed by atoms with Crippen LogP contribution in [0.5, 0.6) is 11.5 Å². The first-order chi connectivity index (χ1) is 15.5. The third kappa shape index (κ3) is 6.98. The highest BCUT2D eigenvalue weighted by Gasteiger charge is 2.24. The maximum atomic E-state index is 12.6. The van der Waals surface area contributed by atoms with Crippen molar-refractivity contribution in [1.82, 2.24) is 0 Å². The molecular weight excluding hydrogens is 426 g/mol. The average molecular weight is 456 g/mol. The van der Waals surface area contributed by atoms with Crippen LogP contribution in [0.4, 0.5) is 0 Å². The molecule has 0 aliphatic carbocycles. The summed E-state index contributed by atoms with van der Waals surface area (Å²) in [6.45, 7) is 5.14. The van der Waals surface area contributed by atoms with Crippen molar-refractivity contribution in [3.05, 3.63) is 59.2 Å². The van der Waals surface area contributed by atoms with Crippen LogP contribution in [-0.2, 0) is 16.0 Å². The van der Waals surface area contributed by atoms with Crippen LogP contribution in [0.3, 0.4) is 0 Å². The molecule has 0 saturated carbocycles. The Morgan fingerprint density at radius 3 is 2.27 bits per heavy atom. The number of carbonyl (C=O) groups excluding carboxylic acids is 3. The Labute approximate surface area is 192 Å². The van der Waals surface area contributed by atoms with Crippen LogP contribution in [0.1, 0.15) is 59.9 Å². The molecule has 2 rings (SSSR count). The molecule has 2 aromatic rings. The lowest BCUT2D eigenvalue weighted by molar-refractivity contribution is -0.137. The second kappa shape index (κ2) is 11.4. The van der Waals surface area contributed by atoms with Gasteiger partial charge in [0.2, 0.25) is 0 Å². The highest BCUT2D eigenvalue weighted by atomic mass is 16.5. The fourth-order valence-corrected chi connectivity index (χ4v) is 3.33. The van der Waals surface area contributed by atoms with Gasteiger partial charge in [0, 0.05) is 18.3 Å². The second-order valence-electron chi connectivity index (χ2n) is 8.30. The molecule has 0 aliphatic rings. The number of hydrogen-bond donors (Lipinski definition) is 3. The van der Waals surface area contributed by atoms with Gasteiger partial charge in [0.1, 0.15) is 17.1 Å². The lowest BCUT2D eigenvalue weighted by Gasteiger charge is -2.17. The van der Waals surface area contributed by atoms with Crippen LogP contribution >= 0.6 is 0 Å². The number of nitrogens with two attached hydrogens (primary N) is 1. The Bertz CT molecular complexity index is 1040. The van der Waals surface area contributed by atoms with Gasteiger partial charge >= 0.3 is 11.9 Å². The van der Waals surface area contributed by atoms with Crippen molar-refractivity contribution in [1.29, 1.82) is 0 Å². The molecule has 0 amide bonds. The number of esters is 1. The number of ether oxygens (including phenoxy) is 1. The van der Waals surface area contributed by atoms with E-state index in [4.69, 9.17) is 15.6 Å². The highest BCUT2D eigenvalue weighted by molar-refractivity contribution is 6.02. The highest BCUT2D eigenvalue weighted by Crippen LogP contribution is 2.27. The van der Waals surface area contributed by atoms with E-state index < -0.39 is 23.9 Å². The van der Waals surface area contributed by atoms with Crippen LogP contribution in [0, 0.1) is 11.8 Å². The van der Waals surface area contributed by atoms with Crippen molar-refractivity contribution in [3.8, 4) is 11.5 Å². The van der Waals surface area contributed by atoms with E-state index in [-0.39, 0.29) is 59.4 Å². The third-order valence-electron chi connectivity index (χ3n) is 5.22. The number of carbonyl (C=O) groups is 4. The lowest BCUT2D eigenvalue weighted by Crippen LogP contribution is -2.35. The normalized spacial score (nSPS) is 12.8. The molecule has 8 heteroatoms. The molecule has 0 bridgehead atoms. The number of phenolic OH excluding ortho intramolecular Hbond substituents is 1. The number of rotatable bonds is 11. The summed E-state index contributed by atoms with van der Waals surface area (Å²) in [6.07, 6.45) is 0.110. The Morgan fingerprint density at radius 1 is 1.00 bits per heavy atom. The van der Waals surface area contributed by atoms with E-state index in [0.717, 1.165) is 0 Å². The molecule has 8 nitrogen and oxygen atoms in total. The van der Waals surface area contributed by atoms with Gasteiger partial charge < -0.3 is 20.7 Å². The minimum absolute atomic E-state index is 0.0364. The Balaban J connectivity index is 2.28. The predicted octanol–water partition coefficient (Wildman–Crippen LogP) is 3.39. The Hall–Kier alpha value is -3.52.